The van der Waals surface area contributed by atoms with Crippen LogP contribution in [0.3, 0.4) is 0 Å². The van der Waals surface area contributed by atoms with E-state index in [0.29, 0.717) is 0 Å². The molecular weight excluding hydrogens is 298 g/mol. The van der Waals surface area contributed by atoms with Crippen LogP contribution in [0.2, 0.25) is 0 Å². The maximum absolute atomic E-state index is 5.93. The highest BCUT2D eigenvalue weighted by Crippen LogP contribution is 2.23. The second-order valence-corrected chi connectivity index (χ2v) is 6.39. The zero-order chi connectivity index (χ0) is 16.4. The first-order valence-corrected chi connectivity index (χ1v) is 8.38. The van der Waals surface area contributed by atoms with Crippen molar-refractivity contribution in [1.82, 2.24) is 14.9 Å². The Morgan fingerprint density at radius 2 is 2.12 bits per heavy atom. The van der Waals surface area contributed by atoms with E-state index in [1.165, 1.54) is 16.5 Å². The van der Waals surface area contributed by atoms with E-state index in [9.17, 15) is 0 Å². The second-order valence-electron chi connectivity index (χ2n) is 6.39. The van der Waals surface area contributed by atoms with E-state index in [1.54, 1.807) is 0 Å². The Morgan fingerprint density at radius 1 is 1.17 bits per heavy atom. The van der Waals surface area contributed by atoms with E-state index in [2.05, 4.69) is 58.2 Å². The van der Waals surface area contributed by atoms with Gasteiger partial charge >= 0.3 is 0 Å². The van der Waals surface area contributed by atoms with Crippen molar-refractivity contribution in [3.05, 3.63) is 71.7 Å². The predicted molar refractivity (Wildman–Crippen MR) is 94.7 cm³/mol. The Balaban J connectivity index is 1.48. The number of rotatable bonds is 3. The first-order valence-electron chi connectivity index (χ1n) is 8.38. The molecule has 1 aliphatic rings. The molecule has 0 spiro atoms. The number of hydrogen-bond acceptors (Lipinski definition) is 4. The molecule has 0 N–H and O–H groups in total. The molecule has 1 atom stereocenters. The number of hydrogen-bond donors (Lipinski definition) is 0. The molecule has 3 heterocycles. The van der Waals surface area contributed by atoms with Crippen LogP contribution in [-0.2, 0) is 11.3 Å². The Kier molecular flexibility index (Phi) is 4.24. The number of ether oxygens (including phenoxy) is 1. The molecule has 4 nitrogen and oxygen atoms in total. The predicted octanol–water partition coefficient (Wildman–Crippen LogP) is 3.51. The van der Waals surface area contributed by atoms with Gasteiger partial charge in [0.25, 0.3) is 0 Å². The molecule has 24 heavy (non-hydrogen) atoms. The van der Waals surface area contributed by atoms with Crippen LogP contribution in [0.1, 0.15) is 22.9 Å². The fourth-order valence-electron chi connectivity index (χ4n) is 3.18. The van der Waals surface area contributed by atoms with Gasteiger partial charge in [-0.2, -0.15) is 0 Å². The van der Waals surface area contributed by atoms with Crippen LogP contribution in [0.5, 0.6) is 0 Å². The Morgan fingerprint density at radius 3 is 3.00 bits per heavy atom. The van der Waals surface area contributed by atoms with Gasteiger partial charge in [-0.25, -0.2) is 0 Å². The molecule has 1 saturated heterocycles. The summed E-state index contributed by atoms with van der Waals surface area (Å²) in [6, 6.07) is 14.8. The summed E-state index contributed by atoms with van der Waals surface area (Å²) in [5.74, 6) is 0. The molecule has 1 fully saturated rings. The topological polar surface area (TPSA) is 38.2 Å². The van der Waals surface area contributed by atoms with Crippen molar-refractivity contribution in [3.8, 4) is 0 Å². The number of benzene rings is 1. The molecule has 0 amide bonds. The largest absolute Gasteiger partial charge is 0.369 e. The number of aromatic nitrogens is 2. The van der Waals surface area contributed by atoms with Crippen LogP contribution in [0.25, 0.3) is 10.9 Å². The van der Waals surface area contributed by atoms with Gasteiger partial charge in [-0.05, 0) is 42.3 Å². The van der Waals surface area contributed by atoms with Gasteiger partial charge in [0.2, 0.25) is 0 Å². The molecule has 0 bridgehead atoms. The second kappa shape index (κ2) is 6.67. The molecule has 0 saturated carbocycles. The Labute approximate surface area is 142 Å². The summed E-state index contributed by atoms with van der Waals surface area (Å²) in [5, 5.41) is 1.19. The highest BCUT2D eigenvalue weighted by Gasteiger charge is 2.23. The maximum atomic E-state index is 5.93. The first kappa shape index (κ1) is 15.2. The van der Waals surface area contributed by atoms with E-state index >= 15 is 0 Å². The SMILES string of the molecule is Cc1ccc(C2CN(Cc3ccc4ncccc4c3)CCO2)nc1. The fourth-order valence-corrected chi connectivity index (χ4v) is 3.18. The Hall–Kier alpha value is -2.30. The smallest absolute Gasteiger partial charge is 0.112 e. The van der Waals surface area contributed by atoms with Crippen molar-refractivity contribution in [2.45, 2.75) is 19.6 Å². The molecule has 4 heteroatoms. The molecule has 122 valence electrons. The molecule has 1 unspecified atom stereocenters. The third-order valence-electron chi connectivity index (χ3n) is 4.49. The molecule has 0 aliphatic carbocycles. The zero-order valence-corrected chi connectivity index (χ0v) is 13.9. The number of pyridine rings is 2. The van der Waals surface area contributed by atoms with Crippen molar-refractivity contribution < 1.29 is 4.74 Å². The monoisotopic (exact) mass is 319 g/mol. The molecule has 1 aromatic carbocycles. The summed E-state index contributed by atoms with van der Waals surface area (Å²) in [4.78, 5) is 11.3. The van der Waals surface area contributed by atoms with E-state index in [0.717, 1.165) is 37.5 Å². The lowest BCUT2D eigenvalue weighted by Gasteiger charge is -2.32. The number of morpholine rings is 1. The number of nitrogens with zero attached hydrogens (tertiary/aromatic N) is 3. The van der Waals surface area contributed by atoms with Crippen LogP contribution < -0.4 is 0 Å². The van der Waals surface area contributed by atoms with Gasteiger partial charge in [0.1, 0.15) is 6.10 Å². The zero-order valence-electron chi connectivity index (χ0n) is 13.9. The number of aryl methyl sites for hydroxylation is 1. The van der Waals surface area contributed by atoms with E-state index in [1.807, 2.05) is 18.5 Å². The van der Waals surface area contributed by atoms with E-state index in [4.69, 9.17) is 4.74 Å². The molecule has 4 rings (SSSR count). The summed E-state index contributed by atoms with van der Waals surface area (Å²) in [6.45, 7) is 5.56. The van der Waals surface area contributed by atoms with Crippen molar-refractivity contribution in [2.75, 3.05) is 19.7 Å². The van der Waals surface area contributed by atoms with Gasteiger partial charge < -0.3 is 4.74 Å². The van der Waals surface area contributed by atoms with Gasteiger partial charge in [-0.1, -0.05) is 18.2 Å². The van der Waals surface area contributed by atoms with E-state index < -0.39 is 0 Å². The quantitative estimate of drug-likeness (QED) is 0.740. The molecular formula is C20H21N3O. The van der Waals surface area contributed by atoms with Crippen molar-refractivity contribution >= 4 is 10.9 Å². The third kappa shape index (κ3) is 3.30. The van der Waals surface area contributed by atoms with Gasteiger partial charge in [0.15, 0.2) is 0 Å². The fraction of sp³-hybridized carbons (Fsp3) is 0.300. The minimum atomic E-state index is 0.0569. The summed E-state index contributed by atoms with van der Waals surface area (Å²) in [5.41, 5.74) is 4.56. The molecule has 0 radical (unpaired) electrons. The molecule has 1 aliphatic heterocycles. The third-order valence-corrected chi connectivity index (χ3v) is 4.49. The van der Waals surface area contributed by atoms with E-state index in [-0.39, 0.29) is 6.10 Å². The average molecular weight is 319 g/mol. The minimum Gasteiger partial charge on any atom is -0.369 e. The highest BCUT2D eigenvalue weighted by molar-refractivity contribution is 5.78. The summed E-state index contributed by atoms with van der Waals surface area (Å²) in [7, 11) is 0. The average Bonchev–Trinajstić information content (AvgIpc) is 2.62. The van der Waals surface area contributed by atoms with Gasteiger partial charge in [-0.15, -0.1) is 0 Å². The first-order chi connectivity index (χ1) is 11.8. The molecule has 2 aromatic heterocycles. The van der Waals surface area contributed by atoms with Crippen LogP contribution >= 0.6 is 0 Å². The lowest BCUT2D eigenvalue weighted by Crippen LogP contribution is -2.38. The van der Waals surface area contributed by atoms with Crippen LogP contribution in [-0.4, -0.2) is 34.6 Å². The van der Waals surface area contributed by atoms with Gasteiger partial charge in [0.05, 0.1) is 17.8 Å². The lowest BCUT2D eigenvalue weighted by atomic mass is 10.1. The number of fused-ring (bicyclic) bond motifs is 1. The maximum Gasteiger partial charge on any atom is 0.112 e. The lowest BCUT2D eigenvalue weighted by molar-refractivity contribution is -0.0349. The van der Waals surface area contributed by atoms with Gasteiger partial charge in [0, 0.05) is 37.4 Å². The summed E-state index contributed by atoms with van der Waals surface area (Å²) < 4.78 is 5.93. The normalized spacial score (nSPS) is 18.8. The van der Waals surface area contributed by atoms with Crippen molar-refractivity contribution in [1.29, 1.82) is 0 Å². The van der Waals surface area contributed by atoms with Crippen molar-refractivity contribution in [3.63, 3.8) is 0 Å². The Bertz CT molecular complexity index is 832. The highest BCUT2D eigenvalue weighted by atomic mass is 16.5. The summed E-state index contributed by atoms with van der Waals surface area (Å²) >= 11 is 0. The van der Waals surface area contributed by atoms with Gasteiger partial charge in [-0.3, -0.25) is 14.9 Å². The standard InChI is InChI=1S/C20H21N3O/c1-15-4-6-19(22-12-15)20-14-23(9-10-24-20)13-16-5-7-18-17(11-16)3-2-8-21-18/h2-8,11-12,20H,9-10,13-14H2,1H3. The summed E-state index contributed by atoms with van der Waals surface area (Å²) in [6.07, 6.45) is 3.80. The van der Waals surface area contributed by atoms with Crippen molar-refractivity contribution in [2.24, 2.45) is 0 Å². The van der Waals surface area contributed by atoms with Crippen LogP contribution in [0.4, 0.5) is 0 Å². The minimum absolute atomic E-state index is 0.0569. The van der Waals surface area contributed by atoms with Crippen LogP contribution in [0.15, 0.2) is 54.9 Å². The van der Waals surface area contributed by atoms with Crippen LogP contribution in [0, 0.1) is 6.92 Å². The molecule has 3 aromatic rings.